The summed E-state index contributed by atoms with van der Waals surface area (Å²) in [5.41, 5.74) is 5.65. The van der Waals surface area contributed by atoms with Crippen LogP contribution in [0.1, 0.15) is 49.4 Å². The van der Waals surface area contributed by atoms with Crippen LogP contribution in [0.3, 0.4) is 0 Å². The largest absolute Gasteiger partial charge is 0.463 e. The molecule has 2 heterocycles. The Bertz CT molecular complexity index is 964. The highest BCUT2D eigenvalue weighted by Gasteiger charge is 2.26. The summed E-state index contributed by atoms with van der Waals surface area (Å²) in [6.45, 7) is 8.63. The molecule has 3 nitrogen and oxygen atoms in total. The van der Waals surface area contributed by atoms with Crippen LogP contribution in [0.5, 0.6) is 0 Å². The molecule has 3 aromatic rings. The maximum absolute atomic E-state index is 12.1. The van der Waals surface area contributed by atoms with Crippen LogP contribution in [-0.2, 0) is 18.3 Å². The third-order valence-electron chi connectivity index (χ3n) is 4.78. The zero-order chi connectivity index (χ0) is 15.6. The van der Waals surface area contributed by atoms with Crippen LogP contribution in [0.15, 0.2) is 26.0 Å². The van der Waals surface area contributed by atoms with Gasteiger partial charge in [-0.05, 0) is 48.8 Å². The number of fused-ring (bicyclic) bond motifs is 5. The predicted octanol–water partition coefficient (Wildman–Crippen LogP) is 4.63. The summed E-state index contributed by atoms with van der Waals surface area (Å²) in [7, 11) is 0. The van der Waals surface area contributed by atoms with Gasteiger partial charge in [-0.3, -0.25) is 0 Å². The Hall–Kier alpha value is -2.03. The van der Waals surface area contributed by atoms with Crippen LogP contribution >= 0.6 is 0 Å². The maximum atomic E-state index is 12.1. The lowest BCUT2D eigenvalue weighted by Crippen LogP contribution is -2.10. The molecule has 0 saturated heterocycles. The lowest BCUT2D eigenvalue weighted by molar-refractivity contribution is 0.549. The topological polar surface area (TPSA) is 43.4 Å². The van der Waals surface area contributed by atoms with Crippen molar-refractivity contribution >= 4 is 21.9 Å². The molecule has 114 valence electrons. The summed E-state index contributed by atoms with van der Waals surface area (Å²) < 4.78 is 11.5. The molecule has 4 rings (SSSR count). The van der Waals surface area contributed by atoms with Gasteiger partial charge < -0.3 is 8.83 Å². The third kappa shape index (κ3) is 1.71. The second-order valence-electron chi connectivity index (χ2n) is 7.37. The minimum atomic E-state index is -0.179. The van der Waals surface area contributed by atoms with Gasteiger partial charge in [-0.2, -0.15) is 0 Å². The van der Waals surface area contributed by atoms with E-state index in [1.165, 1.54) is 10.9 Å². The first-order valence-electron chi connectivity index (χ1n) is 7.88. The van der Waals surface area contributed by atoms with Gasteiger partial charge in [0.15, 0.2) is 0 Å². The van der Waals surface area contributed by atoms with Crippen LogP contribution < -0.4 is 5.63 Å². The lowest BCUT2D eigenvalue weighted by Gasteiger charge is -2.17. The van der Waals surface area contributed by atoms with Gasteiger partial charge in [-0.15, -0.1) is 0 Å². The van der Waals surface area contributed by atoms with Gasteiger partial charge in [-0.25, -0.2) is 4.79 Å². The van der Waals surface area contributed by atoms with E-state index < -0.39 is 0 Å². The first kappa shape index (κ1) is 13.6. The van der Waals surface area contributed by atoms with Crippen molar-refractivity contribution in [3.05, 3.63) is 45.0 Å². The van der Waals surface area contributed by atoms with Crippen molar-refractivity contribution in [1.82, 2.24) is 0 Å². The van der Waals surface area contributed by atoms with Crippen molar-refractivity contribution in [3.8, 4) is 0 Å². The molecule has 0 fully saturated rings. The van der Waals surface area contributed by atoms with Crippen molar-refractivity contribution < 1.29 is 8.83 Å². The fourth-order valence-electron chi connectivity index (χ4n) is 3.71. The predicted molar refractivity (Wildman–Crippen MR) is 87.7 cm³/mol. The van der Waals surface area contributed by atoms with Crippen LogP contribution in [-0.4, -0.2) is 0 Å². The molecule has 2 aromatic heterocycles. The van der Waals surface area contributed by atoms with Gasteiger partial charge in [0.1, 0.15) is 11.2 Å². The Kier molecular flexibility index (Phi) is 2.63. The summed E-state index contributed by atoms with van der Waals surface area (Å²) in [5.74, 6) is 0. The Morgan fingerprint density at radius 3 is 2.55 bits per heavy atom. The van der Waals surface area contributed by atoms with Crippen LogP contribution in [0.2, 0.25) is 0 Å². The molecule has 0 bridgehead atoms. The molecule has 0 aliphatic heterocycles. The van der Waals surface area contributed by atoms with Crippen molar-refractivity contribution in [2.45, 2.75) is 52.4 Å². The van der Waals surface area contributed by atoms with Crippen molar-refractivity contribution in [2.24, 2.45) is 0 Å². The Labute approximate surface area is 128 Å². The third-order valence-corrected chi connectivity index (χ3v) is 4.78. The van der Waals surface area contributed by atoms with Gasteiger partial charge in [0, 0.05) is 16.5 Å². The SMILES string of the molecule is Cc1cc2oc(=O)c3c(c2c2occ(C(C)(C)C)c12)CCC3. The molecule has 0 N–H and O–H groups in total. The van der Waals surface area contributed by atoms with Crippen LogP contribution in [0.25, 0.3) is 21.9 Å². The van der Waals surface area contributed by atoms with Gasteiger partial charge in [0.2, 0.25) is 0 Å². The molecular formula is C19H20O3. The lowest BCUT2D eigenvalue weighted by atomic mass is 9.85. The molecule has 0 atom stereocenters. The molecule has 0 saturated carbocycles. The van der Waals surface area contributed by atoms with E-state index >= 15 is 0 Å². The second kappa shape index (κ2) is 4.25. The summed E-state index contributed by atoms with van der Waals surface area (Å²) in [5, 5.41) is 2.17. The molecule has 1 aliphatic rings. The number of aryl methyl sites for hydroxylation is 2. The quantitative estimate of drug-likeness (QED) is 0.568. The van der Waals surface area contributed by atoms with E-state index in [2.05, 4.69) is 27.7 Å². The van der Waals surface area contributed by atoms with E-state index in [1.807, 2.05) is 12.3 Å². The fourth-order valence-corrected chi connectivity index (χ4v) is 3.71. The minimum absolute atomic E-state index is 0.0163. The van der Waals surface area contributed by atoms with Gasteiger partial charge in [0.05, 0.1) is 11.6 Å². The number of hydrogen-bond donors (Lipinski definition) is 0. The van der Waals surface area contributed by atoms with E-state index in [1.54, 1.807) is 0 Å². The monoisotopic (exact) mass is 296 g/mol. The standard InChI is InChI=1S/C19H20O3/c1-10-8-14-16(11-6-5-7-12(11)18(20)22-14)17-15(10)13(9-21-17)19(2,3)4/h8-9H,5-7H2,1-4H3. The van der Waals surface area contributed by atoms with Gasteiger partial charge in [-0.1, -0.05) is 20.8 Å². The van der Waals surface area contributed by atoms with Crippen molar-refractivity contribution in [3.63, 3.8) is 0 Å². The smallest absolute Gasteiger partial charge is 0.339 e. The summed E-state index contributed by atoms with van der Waals surface area (Å²) in [6.07, 6.45) is 4.63. The van der Waals surface area contributed by atoms with E-state index in [9.17, 15) is 4.79 Å². The highest BCUT2D eigenvalue weighted by atomic mass is 16.4. The van der Waals surface area contributed by atoms with Crippen molar-refractivity contribution in [2.75, 3.05) is 0 Å². The Morgan fingerprint density at radius 2 is 1.82 bits per heavy atom. The summed E-state index contributed by atoms with van der Waals surface area (Å²) >= 11 is 0. The molecular weight excluding hydrogens is 276 g/mol. The average Bonchev–Trinajstić information content (AvgIpc) is 3.03. The molecule has 0 spiro atoms. The maximum Gasteiger partial charge on any atom is 0.339 e. The normalized spacial score (nSPS) is 14.9. The summed E-state index contributed by atoms with van der Waals surface area (Å²) in [6, 6.07) is 1.99. The number of hydrogen-bond acceptors (Lipinski definition) is 3. The van der Waals surface area contributed by atoms with E-state index in [4.69, 9.17) is 8.83 Å². The number of furan rings is 1. The molecule has 0 radical (unpaired) electrons. The molecule has 0 amide bonds. The van der Waals surface area contributed by atoms with E-state index in [-0.39, 0.29) is 11.0 Å². The molecule has 1 aliphatic carbocycles. The Morgan fingerprint density at radius 1 is 1.09 bits per heavy atom. The minimum Gasteiger partial charge on any atom is -0.463 e. The first-order chi connectivity index (χ1) is 10.4. The average molecular weight is 296 g/mol. The first-order valence-corrected chi connectivity index (χ1v) is 7.88. The van der Waals surface area contributed by atoms with Gasteiger partial charge in [0.25, 0.3) is 0 Å². The van der Waals surface area contributed by atoms with E-state index in [0.717, 1.165) is 46.9 Å². The second-order valence-corrected chi connectivity index (χ2v) is 7.37. The zero-order valence-electron chi connectivity index (χ0n) is 13.5. The van der Waals surface area contributed by atoms with E-state index in [0.29, 0.717) is 5.58 Å². The zero-order valence-corrected chi connectivity index (χ0v) is 13.5. The highest BCUT2D eigenvalue weighted by Crippen LogP contribution is 2.40. The van der Waals surface area contributed by atoms with Crippen LogP contribution in [0.4, 0.5) is 0 Å². The molecule has 3 heteroatoms. The molecule has 1 aromatic carbocycles. The molecule has 0 unspecified atom stereocenters. The molecule has 22 heavy (non-hydrogen) atoms. The summed E-state index contributed by atoms with van der Waals surface area (Å²) in [4.78, 5) is 12.1. The van der Waals surface area contributed by atoms with Crippen LogP contribution in [0, 0.1) is 6.92 Å². The number of benzene rings is 1. The number of rotatable bonds is 0. The Balaban J connectivity index is 2.23. The van der Waals surface area contributed by atoms with Crippen molar-refractivity contribution in [1.29, 1.82) is 0 Å². The van der Waals surface area contributed by atoms with Gasteiger partial charge >= 0.3 is 5.63 Å². The fraction of sp³-hybridized carbons (Fsp3) is 0.421. The highest BCUT2D eigenvalue weighted by molar-refractivity contribution is 6.07.